The van der Waals surface area contributed by atoms with Gasteiger partial charge >= 0.3 is 5.97 Å². The number of anilines is 1. The number of carboxylic acid groups (broad SMARTS) is 1. The summed E-state index contributed by atoms with van der Waals surface area (Å²) >= 11 is 0. The second-order valence-electron chi connectivity index (χ2n) is 4.41. The van der Waals surface area contributed by atoms with E-state index in [0.29, 0.717) is 6.07 Å². The molecule has 22 heavy (non-hydrogen) atoms. The van der Waals surface area contributed by atoms with Crippen LogP contribution in [-0.4, -0.2) is 17.0 Å². The summed E-state index contributed by atoms with van der Waals surface area (Å²) in [5.74, 6) is -6.53. The number of hydrogen-bond acceptors (Lipinski definition) is 2. The highest BCUT2D eigenvalue weighted by Gasteiger charge is 2.17. The van der Waals surface area contributed by atoms with Gasteiger partial charge in [0.2, 0.25) is 5.91 Å². The topological polar surface area (TPSA) is 66.4 Å². The molecule has 0 saturated carbocycles. The van der Waals surface area contributed by atoms with Crippen molar-refractivity contribution in [2.24, 2.45) is 0 Å². The van der Waals surface area contributed by atoms with E-state index < -0.39 is 35.0 Å². The van der Waals surface area contributed by atoms with E-state index in [1.807, 2.05) is 0 Å². The molecule has 0 bridgehead atoms. The Morgan fingerprint density at radius 2 is 1.68 bits per heavy atom. The van der Waals surface area contributed by atoms with Gasteiger partial charge in [-0.1, -0.05) is 18.2 Å². The Kier molecular flexibility index (Phi) is 4.45. The second-order valence-corrected chi connectivity index (χ2v) is 4.41. The van der Waals surface area contributed by atoms with Crippen molar-refractivity contribution in [3.63, 3.8) is 0 Å². The molecule has 2 rings (SSSR count). The molecule has 2 N–H and O–H groups in total. The summed E-state index contributed by atoms with van der Waals surface area (Å²) in [5, 5.41) is 11.1. The Hall–Kier alpha value is -2.83. The third kappa shape index (κ3) is 3.25. The van der Waals surface area contributed by atoms with Crippen LogP contribution in [0.2, 0.25) is 0 Å². The van der Waals surface area contributed by atoms with E-state index >= 15 is 0 Å². The summed E-state index contributed by atoms with van der Waals surface area (Å²) in [6.45, 7) is 0. The third-order valence-electron chi connectivity index (χ3n) is 2.91. The highest BCUT2D eigenvalue weighted by atomic mass is 19.2. The zero-order chi connectivity index (χ0) is 16.3. The van der Waals surface area contributed by atoms with Gasteiger partial charge in [0.1, 0.15) is 0 Å². The van der Waals surface area contributed by atoms with E-state index in [9.17, 15) is 22.8 Å². The maximum absolute atomic E-state index is 13.4. The number of carboxylic acids is 1. The fraction of sp³-hybridized carbons (Fsp3) is 0.0667. The maximum Gasteiger partial charge on any atom is 0.335 e. The Bertz CT molecular complexity index is 747. The molecule has 0 spiro atoms. The van der Waals surface area contributed by atoms with Gasteiger partial charge in [-0.3, -0.25) is 4.79 Å². The molecule has 4 nitrogen and oxygen atoms in total. The number of rotatable bonds is 4. The van der Waals surface area contributed by atoms with Gasteiger partial charge in [-0.05, 0) is 23.8 Å². The molecular formula is C15H10F3NO3. The maximum atomic E-state index is 13.4. The lowest BCUT2D eigenvalue weighted by molar-refractivity contribution is -0.115. The number of amides is 1. The van der Waals surface area contributed by atoms with Crippen molar-refractivity contribution in [2.75, 3.05) is 5.32 Å². The minimum Gasteiger partial charge on any atom is -0.478 e. The first-order valence-corrected chi connectivity index (χ1v) is 6.14. The molecule has 0 saturated heterocycles. The fourth-order valence-electron chi connectivity index (χ4n) is 1.87. The summed E-state index contributed by atoms with van der Waals surface area (Å²) in [5.41, 5.74) is -0.365. The first-order valence-electron chi connectivity index (χ1n) is 6.14. The normalized spacial score (nSPS) is 10.3. The Morgan fingerprint density at radius 1 is 1.00 bits per heavy atom. The van der Waals surface area contributed by atoms with Gasteiger partial charge in [0.25, 0.3) is 0 Å². The van der Waals surface area contributed by atoms with Gasteiger partial charge in [0.05, 0.1) is 17.7 Å². The van der Waals surface area contributed by atoms with Crippen molar-refractivity contribution in [1.82, 2.24) is 0 Å². The minimum atomic E-state index is -1.69. The second kappa shape index (κ2) is 6.30. The van der Waals surface area contributed by atoms with Crippen LogP contribution < -0.4 is 5.32 Å². The van der Waals surface area contributed by atoms with Crippen LogP contribution in [0.4, 0.5) is 18.9 Å². The van der Waals surface area contributed by atoms with Crippen LogP contribution in [0.15, 0.2) is 36.4 Å². The van der Waals surface area contributed by atoms with Gasteiger partial charge in [0.15, 0.2) is 17.5 Å². The standard InChI is InChI=1S/C15H10F3NO3/c16-10-5-6-11(14(18)13(10)17)19-12(20)7-8-3-1-2-4-9(8)15(21)22/h1-6H,7H2,(H,19,20)(H,21,22). The minimum absolute atomic E-state index is 0.0663. The summed E-state index contributed by atoms with van der Waals surface area (Å²) < 4.78 is 39.3. The molecule has 0 heterocycles. The van der Waals surface area contributed by atoms with E-state index in [1.54, 1.807) is 6.07 Å². The summed E-state index contributed by atoms with van der Waals surface area (Å²) in [7, 11) is 0. The van der Waals surface area contributed by atoms with E-state index in [1.165, 1.54) is 18.2 Å². The molecule has 2 aromatic rings. The van der Waals surface area contributed by atoms with E-state index in [0.717, 1.165) is 6.07 Å². The van der Waals surface area contributed by atoms with Crippen molar-refractivity contribution in [2.45, 2.75) is 6.42 Å². The first-order chi connectivity index (χ1) is 10.4. The molecular weight excluding hydrogens is 299 g/mol. The smallest absolute Gasteiger partial charge is 0.335 e. The van der Waals surface area contributed by atoms with Crippen LogP contribution in [0.5, 0.6) is 0 Å². The van der Waals surface area contributed by atoms with Crippen molar-refractivity contribution in [1.29, 1.82) is 0 Å². The lowest BCUT2D eigenvalue weighted by Gasteiger charge is -2.09. The van der Waals surface area contributed by atoms with Crippen molar-refractivity contribution >= 4 is 17.6 Å². The predicted octanol–water partition coefficient (Wildman–Crippen LogP) is 2.98. The van der Waals surface area contributed by atoms with Crippen LogP contribution in [0.3, 0.4) is 0 Å². The number of hydrogen-bond donors (Lipinski definition) is 2. The van der Waals surface area contributed by atoms with Crippen molar-refractivity contribution in [3.8, 4) is 0 Å². The fourth-order valence-corrected chi connectivity index (χ4v) is 1.87. The molecule has 0 aromatic heterocycles. The molecule has 0 unspecified atom stereocenters. The average molecular weight is 309 g/mol. The predicted molar refractivity (Wildman–Crippen MR) is 72.1 cm³/mol. The molecule has 0 aliphatic carbocycles. The number of halogens is 3. The van der Waals surface area contributed by atoms with Crippen LogP contribution in [0.25, 0.3) is 0 Å². The SMILES string of the molecule is O=C(Cc1ccccc1C(=O)O)Nc1ccc(F)c(F)c1F. The Balaban J connectivity index is 2.18. The van der Waals surface area contributed by atoms with Crippen LogP contribution >= 0.6 is 0 Å². The first kappa shape index (κ1) is 15.6. The molecule has 0 atom stereocenters. The average Bonchev–Trinajstić information content (AvgIpc) is 2.48. The van der Waals surface area contributed by atoms with Gasteiger partial charge in [-0.15, -0.1) is 0 Å². The quantitative estimate of drug-likeness (QED) is 0.853. The van der Waals surface area contributed by atoms with Crippen LogP contribution in [0, 0.1) is 17.5 Å². The summed E-state index contributed by atoms with van der Waals surface area (Å²) in [4.78, 5) is 22.8. The molecule has 0 aliphatic heterocycles. The molecule has 7 heteroatoms. The number of carbonyl (C=O) groups is 2. The van der Waals surface area contributed by atoms with E-state index in [2.05, 4.69) is 5.32 Å². The number of carbonyl (C=O) groups excluding carboxylic acids is 1. The van der Waals surface area contributed by atoms with Crippen molar-refractivity contribution in [3.05, 3.63) is 65.0 Å². The Morgan fingerprint density at radius 3 is 2.36 bits per heavy atom. The lowest BCUT2D eigenvalue weighted by atomic mass is 10.0. The zero-order valence-electron chi connectivity index (χ0n) is 11.1. The highest BCUT2D eigenvalue weighted by Crippen LogP contribution is 2.20. The Labute approximate surface area is 123 Å². The summed E-state index contributed by atoms with van der Waals surface area (Å²) in [6.07, 6.45) is -0.346. The largest absolute Gasteiger partial charge is 0.478 e. The van der Waals surface area contributed by atoms with Crippen molar-refractivity contribution < 1.29 is 27.9 Å². The van der Waals surface area contributed by atoms with E-state index in [4.69, 9.17) is 5.11 Å². The van der Waals surface area contributed by atoms with Crippen LogP contribution in [0.1, 0.15) is 15.9 Å². The summed E-state index contributed by atoms with van der Waals surface area (Å²) in [6, 6.07) is 7.37. The van der Waals surface area contributed by atoms with Gasteiger partial charge in [-0.25, -0.2) is 18.0 Å². The molecule has 0 radical (unpaired) electrons. The molecule has 2 aromatic carbocycles. The van der Waals surface area contributed by atoms with Crippen LogP contribution in [-0.2, 0) is 11.2 Å². The van der Waals surface area contributed by atoms with E-state index in [-0.39, 0.29) is 17.5 Å². The molecule has 1 amide bonds. The molecule has 0 fully saturated rings. The zero-order valence-corrected chi connectivity index (χ0v) is 11.1. The number of nitrogens with one attached hydrogen (secondary N) is 1. The molecule has 114 valence electrons. The third-order valence-corrected chi connectivity index (χ3v) is 2.91. The van der Waals surface area contributed by atoms with Gasteiger partial charge in [0, 0.05) is 0 Å². The monoisotopic (exact) mass is 309 g/mol. The highest BCUT2D eigenvalue weighted by molar-refractivity contribution is 5.96. The molecule has 0 aliphatic rings. The number of benzene rings is 2. The number of aromatic carboxylic acids is 1. The van der Waals surface area contributed by atoms with Gasteiger partial charge in [-0.2, -0.15) is 0 Å². The lowest BCUT2D eigenvalue weighted by Crippen LogP contribution is -2.17. The van der Waals surface area contributed by atoms with Gasteiger partial charge < -0.3 is 10.4 Å².